The van der Waals surface area contributed by atoms with Crippen LogP contribution in [0.5, 0.6) is 0 Å². The Bertz CT molecular complexity index is 1420. The first-order valence-electron chi connectivity index (χ1n) is 14.6. The molecule has 0 aromatic heterocycles. The van der Waals surface area contributed by atoms with E-state index in [0.29, 0.717) is 25.1 Å². The Balaban J connectivity index is 1.67. The monoisotopic (exact) mass is 607 g/mol. The van der Waals surface area contributed by atoms with Crippen molar-refractivity contribution in [3.8, 4) is 0 Å². The van der Waals surface area contributed by atoms with Crippen molar-refractivity contribution in [2.45, 2.75) is 74.2 Å². The molecule has 1 aliphatic carbocycles. The van der Waals surface area contributed by atoms with Crippen molar-refractivity contribution >= 4 is 39.3 Å². The molecule has 1 unspecified atom stereocenters. The van der Waals surface area contributed by atoms with Gasteiger partial charge in [0.05, 0.1) is 10.6 Å². The Morgan fingerprint density at radius 2 is 1.60 bits per heavy atom. The maximum Gasteiger partial charge on any atom is 0.264 e. The molecule has 1 aliphatic rings. The maximum absolute atomic E-state index is 14.2. The van der Waals surface area contributed by atoms with Gasteiger partial charge < -0.3 is 10.2 Å². The summed E-state index contributed by atoms with van der Waals surface area (Å²) in [6, 6.07) is 23.0. The Hall–Kier alpha value is -3.30. The second-order valence-corrected chi connectivity index (χ2v) is 13.5. The summed E-state index contributed by atoms with van der Waals surface area (Å²) in [4.78, 5) is 30.3. The highest BCUT2D eigenvalue weighted by Crippen LogP contribution is 2.27. The van der Waals surface area contributed by atoms with Crippen molar-refractivity contribution < 1.29 is 18.0 Å². The minimum absolute atomic E-state index is 0.107. The fourth-order valence-electron chi connectivity index (χ4n) is 5.38. The van der Waals surface area contributed by atoms with Gasteiger partial charge in [-0.3, -0.25) is 13.9 Å². The van der Waals surface area contributed by atoms with Crippen molar-refractivity contribution in [1.82, 2.24) is 10.2 Å². The minimum atomic E-state index is -4.08. The van der Waals surface area contributed by atoms with E-state index in [-0.39, 0.29) is 16.8 Å². The average molecular weight is 608 g/mol. The van der Waals surface area contributed by atoms with E-state index in [4.69, 9.17) is 0 Å². The lowest BCUT2D eigenvalue weighted by atomic mass is 10.1. The predicted octanol–water partition coefficient (Wildman–Crippen LogP) is 5.82. The number of anilines is 1. The van der Waals surface area contributed by atoms with Gasteiger partial charge in [0.15, 0.2) is 0 Å². The minimum Gasteiger partial charge on any atom is -0.352 e. The van der Waals surface area contributed by atoms with Crippen LogP contribution in [-0.2, 0) is 26.0 Å². The van der Waals surface area contributed by atoms with E-state index in [1.165, 1.54) is 16.1 Å². The number of carbonyl (C=O) groups excluding carboxylic acids is 2. The third kappa shape index (κ3) is 7.95. The molecular weight excluding hydrogens is 567 g/mol. The van der Waals surface area contributed by atoms with E-state index in [2.05, 4.69) is 5.32 Å². The third-order valence-corrected chi connectivity index (χ3v) is 10.4. The highest BCUT2D eigenvalue weighted by atomic mass is 32.2. The standard InChI is InChI=1S/C33H41N3O4S2/c1-4-31(33(38)34-27-12-8-9-13-27)35(23-22-26-10-6-5-7-11-26)32(37)24-36(28-16-14-25(2)15-17-28)42(39,40)30-20-18-29(41-3)19-21-30/h5-7,10-11,14-21,27,31H,4,8-9,12-13,22-24H2,1-3H3,(H,34,38). The van der Waals surface area contributed by atoms with E-state index in [9.17, 15) is 18.0 Å². The van der Waals surface area contributed by atoms with Gasteiger partial charge in [0, 0.05) is 17.5 Å². The van der Waals surface area contributed by atoms with E-state index in [1.54, 1.807) is 41.3 Å². The molecule has 1 atom stereocenters. The van der Waals surface area contributed by atoms with Crippen molar-refractivity contribution in [3.63, 3.8) is 0 Å². The topological polar surface area (TPSA) is 86.8 Å². The van der Waals surface area contributed by atoms with E-state index in [0.717, 1.165) is 41.7 Å². The molecule has 0 spiro atoms. The molecule has 7 nitrogen and oxygen atoms in total. The molecule has 0 radical (unpaired) electrons. The molecule has 1 fully saturated rings. The van der Waals surface area contributed by atoms with E-state index in [1.807, 2.05) is 62.6 Å². The van der Waals surface area contributed by atoms with Crippen molar-refractivity contribution in [2.75, 3.05) is 23.7 Å². The molecule has 2 amide bonds. The Morgan fingerprint density at radius 1 is 0.952 bits per heavy atom. The van der Waals surface area contributed by atoms with E-state index < -0.39 is 28.5 Å². The zero-order valence-electron chi connectivity index (χ0n) is 24.7. The number of benzene rings is 3. The average Bonchev–Trinajstić information content (AvgIpc) is 3.52. The normalized spacial score (nSPS) is 14.4. The number of nitrogens with zero attached hydrogens (tertiary/aromatic N) is 2. The second-order valence-electron chi connectivity index (χ2n) is 10.8. The summed E-state index contributed by atoms with van der Waals surface area (Å²) >= 11 is 1.53. The highest BCUT2D eigenvalue weighted by Gasteiger charge is 2.34. The molecule has 42 heavy (non-hydrogen) atoms. The zero-order chi connectivity index (χ0) is 30.1. The molecule has 1 saturated carbocycles. The van der Waals surface area contributed by atoms with Crippen molar-refractivity contribution in [2.24, 2.45) is 0 Å². The van der Waals surface area contributed by atoms with Crippen LogP contribution in [-0.4, -0.2) is 56.6 Å². The molecular formula is C33H41N3O4S2. The SMILES string of the molecule is CCC(C(=O)NC1CCCC1)N(CCc1ccccc1)C(=O)CN(c1ccc(C)cc1)S(=O)(=O)c1ccc(SC)cc1. The van der Waals surface area contributed by atoms with Gasteiger partial charge >= 0.3 is 0 Å². The first-order chi connectivity index (χ1) is 20.2. The molecule has 224 valence electrons. The fourth-order valence-corrected chi connectivity index (χ4v) is 7.20. The summed E-state index contributed by atoms with van der Waals surface area (Å²) in [5.41, 5.74) is 2.42. The molecule has 1 N–H and O–H groups in total. The van der Waals surface area contributed by atoms with Crippen molar-refractivity contribution in [3.05, 3.63) is 90.0 Å². The predicted molar refractivity (Wildman–Crippen MR) is 170 cm³/mol. The number of hydrogen-bond acceptors (Lipinski definition) is 5. The maximum atomic E-state index is 14.2. The number of amides is 2. The molecule has 0 aliphatic heterocycles. The Labute approximate surface area is 254 Å². The van der Waals surface area contributed by atoms with Gasteiger partial charge in [-0.25, -0.2) is 8.42 Å². The lowest BCUT2D eigenvalue weighted by Gasteiger charge is -2.33. The molecule has 4 rings (SSSR count). The number of thioether (sulfide) groups is 1. The van der Waals surface area contributed by atoms with Crippen LogP contribution in [0.25, 0.3) is 0 Å². The van der Waals surface area contributed by atoms with Gasteiger partial charge in [-0.1, -0.05) is 67.8 Å². The number of aryl methyl sites for hydroxylation is 1. The van der Waals surface area contributed by atoms with Crippen LogP contribution in [0.3, 0.4) is 0 Å². The molecule has 0 saturated heterocycles. The quantitative estimate of drug-likeness (QED) is 0.248. The van der Waals surface area contributed by atoms with Crippen LogP contribution < -0.4 is 9.62 Å². The number of sulfonamides is 1. The summed E-state index contributed by atoms with van der Waals surface area (Å²) in [5.74, 6) is -0.590. The van der Waals surface area contributed by atoms with Crippen molar-refractivity contribution in [1.29, 1.82) is 0 Å². The Kier molecular flexibility index (Phi) is 11.1. The third-order valence-electron chi connectivity index (χ3n) is 7.82. The molecule has 0 heterocycles. The Morgan fingerprint density at radius 3 is 2.19 bits per heavy atom. The van der Waals surface area contributed by atoms with Gasteiger partial charge in [-0.05, 0) is 80.8 Å². The second kappa shape index (κ2) is 14.7. The summed E-state index contributed by atoms with van der Waals surface area (Å²) in [5, 5.41) is 3.15. The van der Waals surface area contributed by atoms with Gasteiger partial charge in [0.1, 0.15) is 12.6 Å². The summed E-state index contributed by atoms with van der Waals surface area (Å²) in [6.07, 6.45) is 6.95. The highest BCUT2D eigenvalue weighted by molar-refractivity contribution is 7.98. The van der Waals surface area contributed by atoms with Crippen LogP contribution >= 0.6 is 11.8 Å². The van der Waals surface area contributed by atoms with Crippen LogP contribution in [0, 0.1) is 6.92 Å². The van der Waals surface area contributed by atoms with Gasteiger partial charge in [0.25, 0.3) is 10.0 Å². The fraction of sp³-hybridized carbons (Fsp3) is 0.394. The van der Waals surface area contributed by atoms with Gasteiger partial charge in [-0.15, -0.1) is 11.8 Å². The molecule has 3 aromatic rings. The van der Waals surface area contributed by atoms with Crippen LogP contribution in [0.15, 0.2) is 88.7 Å². The van der Waals surface area contributed by atoms with Gasteiger partial charge in [0.2, 0.25) is 11.8 Å². The zero-order valence-corrected chi connectivity index (χ0v) is 26.3. The van der Waals surface area contributed by atoms with Crippen LogP contribution in [0.2, 0.25) is 0 Å². The van der Waals surface area contributed by atoms with Crippen LogP contribution in [0.1, 0.15) is 50.2 Å². The van der Waals surface area contributed by atoms with E-state index >= 15 is 0 Å². The molecule has 9 heteroatoms. The molecule has 3 aromatic carbocycles. The van der Waals surface area contributed by atoms with Crippen LogP contribution in [0.4, 0.5) is 5.69 Å². The first-order valence-corrected chi connectivity index (χ1v) is 17.3. The number of carbonyl (C=O) groups is 2. The smallest absolute Gasteiger partial charge is 0.264 e. The summed E-state index contributed by atoms with van der Waals surface area (Å²) in [7, 11) is -4.08. The summed E-state index contributed by atoms with van der Waals surface area (Å²) < 4.78 is 29.2. The number of rotatable bonds is 13. The number of nitrogens with one attached hydrogen (secondary N) is 1. The molecule has 0 bridgehead atoms. The lowest BCUT2D eigenvalue weighted by molar-refractivity contribution is -0.139. The number of hydrogen-bond donors (Lipinski definition) is 1. The lowest BCUT2D eigenvalue weighted by Crippen LogP contribution is -2.54. The van der Waals surface area contributed by atoms with Gasteiger partial charge in [-0.2, -0.15) is 0 Å². The first kappa shape index (κ1) is 31.6. The summed E-state index contributed by atoms with van der Waals surface area (Å²) in [6.45, 7) is 3.69. The largest absolute Gasteiger partial charge is 0.352 e.